The van der Waals surface area contributed by atoms with Gasteiger partial charge in [0.15, 0.2) is 5.82 Å². The number of nitrogens with one attached hydrogen (secondary N) is 1. The molecule has 18 heavy (non-hydrogen) atoms. The van der Waals surface area contributed by atoms with E-state index in [0.29, 0.717) is 18.9 Å². The van der Waals surface area contributed by atoms with Gasteiger partial charge in [-0.1, -0.05) is 0 Å². The molecule has 1 aromatic heterocycles. The molecule has 1 N–H and O–H groups in total. The van der Waals surface area contributed by atoms with Crippen LogP contribution in [-0.4, -0.2) is 40.4 Å². The van der Waals surface area contributed by atoms with Crippen molar-refractivity contribution < 1.29 is 9.18 Å². The molecule has 1 aromatic rings. The molecule has 0 atom stereocenters. The monoisotopic (exact) mass is 252 g/mol. The summed E-state index contributed by atoms with van der Waals surface area (Å²) in [4.78, 5) is 21.3. The van der Waals surface area contributed by atoms with Crippen molar-refractivity contribution in [2.45, 2.75) is 25.7 Å². The highest BCUT2D eigenvalue weighted by atomic mass is 19.1. The van der Waals surface area contributed by atoms with Gasteiger partial charge in [0.1, 0.15) is 0 Å². The summed E-state index contributed by atoms with van der Waals surface area (Å²) in [6, 6.07) is 0. The lowest BCUT2D eigenvalue weighted by molar-refractivity contribution is -0.131. The predicted molar refractivity (Wildman–Crippen MR) is 65.5 cm³/mol. The smallest absolute Gasteiger partial charge is 0.224 e. The van der Waals surface area contributed by atoms with Crippen LogP contribution in [-0.2, 0) is 4.79 Å². The Labute approximate surface area is 105 Å². The number of nitrogens with zero attached hydrogens (tertiary/aromatic N) is 3. The number of amides is 1. The van der Waals surface area contributed by atoms with Gasteiger partial charge in [-0.2, -0.15) is 0 Å². The molecule has 1 aliphatic rings. The highest BCUT2D eigenvalue weighted by Gasteiger charge is 2.15. The van der Waals surface area contributed by atoms with Crippen molar-refractivity contribution in [2.75, 3.05) is 25.0 Å². The lowest BCUT2D eigenvalue weighted by Crippen LogP contribution is -2.36. The molecule has 0 spiro atoms. The average molecular weight is 252 g/mol. The number of aromatic nitrogens is 2. The fourth-order valence-electron chi connectivity index (χ4n) is 1.99. The van der Waals surface area contributed by atoms with Gasteiger partial charge in [-0.15, -0.1) is 0 Å². The zero-order valence-electron chi connectivity index (χ0n) is 10.2. The van der Waals surface area contributed by atoms with E-state index in [0.717, 1.165) is 38.3 Å². The summed E-state index contributed by atoms with van der Waals surface area (Å²) in [6.45, 7) is 2.21. The van der Waals surface area contributed by atoms with Gasteiger partial charge in [-0.25, -0.2) is 14.4 Å². The molecular formula is C12H17FN4O. The van der Waals surface area contributed by atoms with Crippen LogP contribution in [0, 0.1) is 5.82 Å². The summed E-state index contributed by atoms with van der Waals surface area (Å²) in [6.07, 6.45) is 6.02. The third-order valence-electron chi connectivity index (χ3n) is 2.95. The average Bonchev–Trinajstić information content (AvgIpc) is 2.42. The van der Waals surface area contributed by atoms with Crippen molar-refractivity contribution in [2.24, 2.45) is 0 Å². The summed E-state index contributed by atoms with van der Waals surface area (Å²) in [5.74, 6) is 0.0390. The number of piperidine rings is 1. The van der Waals surface area contributed by atoms with Crippen LogP contribution in [0.25, 0.3) is 0 Å². The van der Waals surface area contributed by atoms with Crippen LogP contribution < -0.4 is 5.32 Å². The Hall–Kier alpha value is -1.72. The maximum absolute atomic E-state index is 12.6. The highest BCUT2D eigenvalue weighted by molar-refractivity contribution is 5.76. The van der Waals surface area contributed by atoms with Gasteiger partial charge in [-0.05, 0) is 19.3 Å². The number of halogens is 1. The minimum Gasteiger partial charge on any atom is -0.354 e. The van der Waals surface area contributed by atoms with E-state index in [1.165, 1.54) is 6.42 Å². The third kappa shape index (κ3) is 3.65. The number of rotatable bonds is 4. The number of hydrogen-bond acceptors (Lipinski definition) is 4. The number of likely N-dealkylation sites (tertiary alicyclic amines) is 1. The van der Waals surface area contributed by atoms with Crippen molar-refractivity contribution in [3.05, 3.63) is 18.2 Å². The van der Waals surface area contributed by atoms with Crippen LogP contribution in [0.5, 0.6) is 0 Å². The topological polar surface area (TPSA) is 58.1 Å². The molecule has 0 saturated carbocycles. The third-order valence-corrected chi connectivity index (χ3v) is 2.95. The molecule has 1 fully saturated rings. The van der Waals surface area contributed by atoms with E-state index in [2.05, 4.69) is 15.3 Å². The maximum atomic E-state index is 12.6. The Bertz CT molecular complexity index is 390. The van der Waals surface area contributed by atoms with Gasteiger partial charge in [0.25, 0.3) is 0 Å². The first-order valence-electron chi connectivity index (χ1n) is 6.25. The van der Waals surface area contributed by atoms with E-state index in [-0.39, 0.29) is 5.91 Å². The van der Waals surface area contributed by atoms with Gasteiger partial charge in [0, 0.05) is 26.1 Å². The molecule has 5 nitrogen and oxygen atoms in total. The molecule has 0 aromatic carbocycles. The van der Waals surface area contributed by atoms with Crippen LogP contribution in [0.15, 0.2) is 12.4 Å². The minimum atomic E-state index is -0.468. The Morgan fingerprint density at radius 2 is 1.94 bits per heavy atom. The fraction of sp³-hybridized carbons (Fsp3) is 0.583. The molecule has 0 aliphatic carbocycles. The van der Waals surface area contributed by atoms with Crippen LogP contribution in [0.2, 0.25) is 0 Å². The van der Waals surface area contributed by atoms with E-state index in [4.69, 9.17) is 0 Å². The molecule has 2 heterocycles. The summed E-state index contributed by atoms with van der Waals surface area (Å²) in [7, 11) is 0. The van der Waals surface area contributed by atoms with Crippen LogP contribution >= 0.6 is 0 Å². The second kappa shape index (κ2) is 6.28. The zero-order chi connectivity index (χ0) is 12.8. The van der Waals surface area contributed by atoms with Crippen molar-refractivity contribution in [3.63, 3.8) is 0 Å². The second-order valence-electron chi connectivity index (χ2n) is 4.34. The van der Waals surface area contributed by atoms with E-state index in [1.807, 2.05) is 4.90 Å². The first-order chi connectivity index (χ1) is 8.75. The van der Waals surface area contributed by atoms with Crippen molar-refractivity contribution in [3.8, 4) is 0 Å². The number of hydrogen-bond donors (Lipinski definition) is 1. The number of carbonyl (C=O) groups excluding carboxylic acids is 1. The predicted octanol–water partition coefficient (Wildman–Crippen LogP) is 1.43. The summed E-state index contributed by atoms with van der Waals surface area (Å²) < 4.78 is 12.6. The molecule has 98 valence electrons. The number of anilines is 1. The first kappa shape index (κ1) is 12.7. The van der Waals surface area contributed by atoms with Crippen molar-refractivity contribution in [1.82, 2.24) is 14.9 Å². The Morgan fingerprint density at radius 3 is 2.61 bits per heavy atom. The van der Waals surface area contributed by atoms with Gasteiger partial charge >= 0.3 is 0 Å². The van der Waals surface area contributed by atoms with Crippen LogP contribution in [0.1, 0.15) is 25.7 Å². The molecule has 1 amide bonds. The molecule has 6 heteroatoms. The van der Waals surface area contributed by atoms with Gasteiger partial charge < -0.3 is 10.2 Å². The maximum Gasteiger partial charge on any atom is 0.224 e. The lowest BCUT2D eigenvalue weighted by Gasteiger charge is -2.26. The summed E-state index contributed by atoms with van der Waals surface area (Å²) >= 11 is 0. The molecule has 0 radical (unpaired) electrons. The largest absolute Gasteiger partial charge is 0.354 e. The minimum absolute atomic E-state index is 0.157. The number of carbonyl (C=O) groups is 1. The van der Waals surface area contributed by atoms with Gasteiger partial charge in [0.2, 0.25) is 11.9 Å². The molecular weight excluding hydrogens is 235 g/mol. The first-order valence-corrected chi connectivity index (χ1v) is 6.25. The van der Waals surface area contributed by atoms with Crippen LogP contribution in [0.3, 0.4) is 0 Å². The highest BCUT2D eigenvalue weighted by Crippen LogP contribution is 2.09. The Balaban J connectivity index is 1.71. The van der Waals surface area contributed by atoms with Crippen molar-refractivity contribution in [1.29, 1.82) is 0 Å². The molecule has 0 unspecified atom stereocenters. The molecule has 1 saturated heterocycles. The summed E-state index contributed by atoms with van der Waals surface area (Å²) in [5.41, 5.74) is 0. The van der Waals surface area contributed by atoms with E-state index in [9.17, 15) is 9.18 Å². The Morgan fingerprint density at radius 1 is 1.28 bits per heavy atom. The zero-order valence-corrected chi connectivity index (χ0v) is 10.2. The second-order valence-corrected chi connectivity index (χ2v) is 4.34. The standard InChI is InChI=1S/C12H17FN4O/c13-10-8-15-12(16-9-10)14-5-4-11(18)17-6-2-1-3-7-17/h8-9H,1-7H2,(H,14,15,16). The van der Waals surface area contributed by atoms with Gasteiger partial charge in [0.05, 0.1) is 12.4 Å². The van der Waals surface area contributed by atoms with Crippen molar-refractivity contribution >= 4 is 11.9 Å². The van der Waals surface area contributed by atoms with E-state index >= 15 is 0 Å². The fourth-order valence-corrected chi connectivity index (χ4v) is 1.99. The quantitative estimate of drug-likeness (QED) is 0.880. The van der Waals surface area contributed by atoms with E-state index in [1.54, 1.807) is 0 Å². The lowest BCUT2D eigenvalue weighted by atomic mass is 10.1. The Kier molecular flexibility index (Phi) is 4.44. The summed E-state index contributed by atoms with van der Waals surface area (Å²) in [5, 5.41) is 2.91. The normalized spacial score (nSPS) is 15.5. The SMILES string of the molecule is O=C(CCNc1ncc(F)cn1)N1CCCCC1. The molecule has 2 rings (SSSR count). The van der Waals surface area contributed by atoms with Gasteiger partial charge in [-0.3, -0.25) is 4.79 Å². The van der Waals surface area contributed by atoms with E-state index < -0.39 is 5.82 Å². The van der Waals surface area contributed by atoms with Crippen LogP contribution in [0.4, 0.5) is 10.3 Å². The molecule has 0 bridgehead atoms. The molecule has 1 aliphatic heterocycles.